The van der Waals surface area contributed by atoms with Crippen LogP contribution in [0.2, 0.25) is 0 Å². The number of aromatic nitrogens is 2. The molecule has 1 aromatic heterocycles. The molecule has 0 bridgehead atoms. The summed E-state index contributed by atoms with van der Waals surface area (Å²) in [6.07, 6.45) is 2.10. The summed E-state index contributed by atoms with van der Waals surface area (Å²) in [5.41, 5.74) is 9.58. The fraction of sp³-hybridized carbons (Fsp3) is 0.565. The minimum atomic E-state index is -0.0119. The van der Waals surface area contributed by atoms with Gasteiger partial charge in [0.2, 0.25) is 0 Å². The predicted molar refractivity (Wildman–Crippen MR) is 130 cm³/mol. The van der Waals surface area contributed by atoms with Crippen molar-refractivity contribution in [3.63, 3.8) is 0 Å². The van der Waals surface area contributed by atoms with E-state index in [9.17, 15) is 4.79 Å². The van der Waals surface area contributed by atoms with Gasteiger partial charge in [0, 0.05) is 6.54 Å². The van der Waals surface area contributed by atoms with Crippen LogP contribution in [0.5, 0.6) is 0 Å². The Morgan fingerprint density at radius 3 is 2.47 bits per heavy atom. The lowest BCUT2D eigenvalue weighted by Gasteiger charge is -2.30. The summed E-state index contributed by atoms with van der Waals surface area (Å²) in [5.74, 6) is 2.29. The first-order valence-electron chi connectivity index (χ1n) is 10.9. The number of hydrogen-bond donors (Lipinski definition) is 1. The van der Waals surface area contributed by atoms with Crippen molar-refractivity contribution in [3.05, 3.63) is 47.3 Å². The van der Waals surface area contributed by atoms with Gasteiger partial charge in [0.25, 0.3) is 5.91 Å². The van der Waals surface area contributed by atoms with Gasteiger partial charge in [-0.3, -0.25) is 9.48 Å². The van der Waals surface area contributed by atoms with Crippen LogP contribution in [-0.4, -0.2) is 49.3 Å². The molecule has 0 saturated carbocycles. The average Bonchev–Trinajstić information content (AvgIpc) is 3.33. The lowest BCUT2D eigenvalue weighted by molar-refractivity contribution is 0.0740. The molecule has 30 heavy (non-hydrogen) atoms. The zero-order valence-corrected chi connectivity index (χ0v) is 20.1. The lowest BCUT2D eigenvalue weighted by Crippen LogP contribution is -2.41. The van der Waals surface area contributed by atoms with E-state index in [1.165, 1.54) is 0 Å². The second-order valence-corrected chi connectivity index (χ2v) is 11.1. The molecule has 1 amide bonds. The highest BCUT2D eigenvalue weighted by Gasteiger charge is 2.37. The first-order chi connectivity index (χ1) is 14.5. The van der Waals surface area contributed by atoms with Crippen molar-refractivity contribution in [2.45, 2.75) is 63.6 Å². The highest BCUT2D eigenvalue weighted by atomic mass is 32.2. The number of benzene rings is 1. The number of carbonyl (C=O) groups excluding carboxylic acids is 1. The van der Waals surface area contributed by atoms with Crippen LogP contribution < -0.4 is 5.73 Å². The number of nitrogens with zero attached hydrogens (tertiary/aromatic N) is 3. The Hall–Kier alpha value is -1.60. The summed E-state index contributed by atoms with van der Waals surface area (Å²) in [6.45, 7) is 9.99. The summed E-state index contributed by atoms with van der Waals surface area (Å²) in [4.78, 5) is 15.6. The Balaban J connectivity index is 1.90. The molecule has 2 N–H and O–H groups in total. The van der Waals surface area contributed by atoms with Crippen molar-refractivity contribution >= 4 is 35.1 Å². The van der Waals surface area contributed by atoms with E-state index >= 15 is 0 Å². The number of carbonyl (C=O) groups is 1. The molecule has 2 heterocycles. The van der Waals surface area contributed by atoms with Gasteiger partial charge in [0.05, 0.1) is 28.5 Å². The number of amides is 1. The molecule has 164 valence electrons. The number of nitrogen functional groups attached to an aromatic ring is 1. The number of anilines is 1. The molecule has 7 heteroatoms. The molecule has 1 atom stereocenters. The van der Waals surface area contributed by atoms with Crippen molar-refractivity contribution in [2.24, 2.45) is 0 Å². The van der Waals surface area contributed by atoms with Crippen LogP contribution in [0.4, 0.5) is 5.69 Å². The van der Waals surface area contributed by atoms with Crippen LogP contribution in [-0.2, 0) is 6.54 Å². The molecule has 1 aliphatic rings. The van der Waals surface area contributed by atoms with Crippen molar-refractivity contribution in [3.8, 4) is 0 Å². The number of thioether (sulfide) groups is 2. The van der Waals surface area contributed by atoms with Gasteiger partial charge in [-0.05, 0) is 35.8 Å². The molecule has 0 spiro atoms. The van der Waals surface area contributed by atoms with Gasteiger partial charge < -0.3 is 10.6 Å². The monoisotopic (exact) mass is 446 g/mol. The Morgan fingerprint density at radius 1 is 1.20 bits per heavy atom. The van der Waals surface area contributed by atoms with Crippen molar-refractivity contribution in [1.82, 2.24) is 14.7 Å². The molecule has 0 unspecified atom stereocenters. The minimum absolute atomic E-state index is 0.0119. The van der Waals surface area contributed by atoms with Crippen molar-refractivity contribution in [1.29, 1.82) is 0 Å². The number of nitrogens with two attached hydrogens (primary N) is 1. The molecule has 1 aromatic carbocycles. The van der Waals surface area contributed by atoms with Gasteiger partial charge in [0.1, 0.15) is 0 Å². The first kappa shape index (κ1) is 23.1. The molecular weight excluding hydrogens is 412 g/mol. The van der Waals surface area contributed by atoms with Crippen molar-refractivity contribution in [2.75, 3.05) is 23.8 Å². The quantitative estimate of drug-likeness (QED) is 0.545. The van der Waals surface area contributed by atoms with Crippen LogP contribution in [0.15, 0.2) is 30.3 Å². The number of rotatable bonds is 9. The summed E-state index contributed by atoms with van der Waals surface area (Å²) in [5, 5.41) is 4.74. The maximum atomic E-state index is 13.6. The standard InChI is InChI=1S/C23H34N4OS2/c1-5-29-23(30-6-2)18-13-10-14-26(18)22(28)20-19(24)21(16(3)4)27(25-20)15-17-11-8-7-9-12-17/h7-9,11-12,16,18,23H,5-6,10,13-15,24H2,1-4H3/t18-/m0/s1. The topological polar surface area (TPSA) is 64.2 Å². The van der Waals surface area contributed by atoms with E-state index in [1.54, 1.807) is 0 Å². The summed E-state index contributed by atoms with van der Waals surface area (Å²) in [7, 11) is 0. The molecule has 1 aliphatic heterocycles. The largest absolute Gasteiger partial charge is 0.395 e. The second kappa shape index (κ2) is 10.6. The summed E-state index contributed by atoms with van der Waals surface area (Å²) >= 11 is 3.89. The normalized spacial score (nSPS) is 16.7. The number of likely N-dealkylation sites (tertiary alicyclic amines) is 1. The third-order valence-corrected chi connectivity index (χ3v) is 8.26. The van der Waals surface area contributed by atoms with E-state index in [4.69, 9.17) is 10.8 Å². The smallest absolute Gasteiger partial charge is 0.276 e. The third kappa shape index (κ3) is 4.99. The van der Waals surface area contributed by atoms with Crippen LogP contribution in [0.1, 0.15) is 68.2 Å². The SMILES string of the molecule is CCSC(SCC)[C@@H]1CCCN1C(=O)c1nn(Cc2ccccc2)c(C(C)C)c1N. The number of hydrogen-bond acceptors (Lipinski definition) is 5. The predicted octanol–water partition coefficient (Wildman–Crippen LogP) is 5.07. The average molecular weight is 447 g/mol. The van der Waals surface area contributed by atoms with Gasteiger partial charge in [-0.25, -0.2) is 0 Å². The van der Waals surface area contributed by atoms with Crippen LogP contribution in [0.3, 0.4) is 0 Å². The highest BCUT2D eigenvalue weighted by Crippen LogP contribution is 2.36. The van der Waals surface area contributed by atoms with E-state index < -0.39 is 0 Å². The van der Waals surface area contributed by atoms with Gasteiger partial charge in [-0.1, -0.05) is 58.0 Å². The summed E-state index contributed by atoms with van der Waals surface area (Å²) in [6, 6.07) is 10.5. The molecule has 1 fully saturated rings. The van der Waals surface area contributed by atoms with E-state index in [1.807, 2.05) is 51.3 Å². The lowest BCUT2D eigenvalue weighted by atomic mass is 10.1. The Labute approximate surface area is 189 Å². The molecule has 5 nitrogen and oxygen atoms in total. The maximum Gasteiger partial charge on any atom is 0.276 e. The van der Waals surface area contributed by atoms with Gasteiger partial charge in [-0.2, -0.15) is 5.10 Å². The Bertz CT molecular complexity index is 831. The summed E-state index contributed by atoms with van der Waals surface area (Å²) < 4.78 is 2.33. The Kier molecular flexibility index (Phi) is 8.17. The zero-order valence-electron chi connectivity index (χ0n) is 18.5. The molecule has 0 radical (unpaired) electrons. The van der Waals surface area contributed by atoms with E-state index in [0.717, 1.165) is 42.1 Å². The zero-order chi connectivity index (χ0) is 21.7. The van der Waals surface area contributed by atoms with E-state index in [-0.39, 0.29) is 17.9 Å². The molecule has 1 saturated heterocycles. The third-order valence-electron chi connectivity index (χ3n) is 5.49. The fourth-order valence-electron chi connectivity index (χ4n) is 4.20. The Morgan fingerprint density at radius 2 is 1.87 bits per heavy atom. The molecule has 0 aliphatic carbocycles. The maximum absolute atomic E-state index is 13.6. The second-order valence-electron chi connectivity index (χ2n) is 7.93. The van der Waals surface area contributed by atoms with E-state index in [0.29, 0.717) is 22.5 Å². The van der Waals surface area contributed by atoms with Gasteiger partial charge >= 0.3 is 0 Å². The van der Waals surface area contributed by atoms with Crippen molar-refractivity contribution < 1.29 is 4.79 Å². The van der Waals surface area contributed by atoms with E-state index in [2.05, 4.69) is 39.8 Å². The first-order valence-corrected chi connectivity index (χ1v) is 13.0. The highest BCUT2D eigenvalue weighted by molar-refractivity contribution is 8.17. The molecule has 3 rings (SSSR count). The van der Waals surface area contributed by atoms with Crippen LogP contribution in [0.25, 0.3) is 0 Å². The van der Waals surface area contributed by atoms with Gasteiger partial charge in [0.15, 0.2) is 5.69 Å². The minimum Gasteiger partial charge on any atom is -0.395 e. The fourth-order valence-corrected chi connectivity index (χ4v) is 7.06. The van der Waals surface area contributed by atoms with Crippen LogP contribution >= 0.6 is 23.5 Å². The molecule has 2 aromatic rings. The van der Waals surface area contributed by atoms with Gasteiger partial charge in [-0.15, -0.1) is 23.5 Å². The van der Waals surface area contributed by atoms with Crippen LogP contribution in [0, 0.1) is 0 Å². The molecular formula is C23H34N4OS2.